The number of benzene rings is 2. The van der Waals surface area contributed by atoms with Gasteiger partial charge in [-0.1, -0.05) is 35.4 Å². The molecule has 6 heteroatoms. The lowest BCUT2D eigenvalue weighted by molar-refractivity contribution is 0.102. The molecule has 0 aliphatic carbocycles. The zero-order valence-corrected chi connectivity index (χ0v) is 14.6. The molecule has 0 spiro atoms. The summed E-state index contributed by atoms with van der Waals surface area (Å²) >= 11 is 6.06. The maximum Gasteiger partial charge on any atom is 0.275 e. The Morgan fingerprint density at radius 3 is 2.44 bits per heavy atom. The molecular weight excluding hydrogens is 336 g/mol. The minimum atomic E-state index is -0.334. The molecule has 0 unspecified atom stereocenters. The largest absolute Gasteiger partial charge is 0.339 e. The smallest absolute Gasteiger partial charge is 0.275 e. The molecule has 2 N–H and O–H groups in total. The zero-order valence-electron chi connectivity index (χ0n) is 13.9. The standard InChI is InChI=1S/C19H17ClN4O/c1-12-6-8-14(9-7-12)23-18-11-21-17(10-22-18)19(25)24-16-5-3-4-15(20)13(16)2/h3-11H,1-2H3,(H,22,23)(H,24,25). The van der Waals surface area contributed by atoms with E-state index in [-0.39, 0.29) is 11.6 Å². The van der Waals surface area contributed by atoms with Gasteiger partial charge in [-0.15, -0.1) is 0 Å². The molecule has 0 aliphatic rings. The van der Waals surface area contributed by atoms with E-state index in [1.54, 1.807) is 18.2 Å². The number of halogens is 1. The van der Waals surface area contributed by atoms with Crippen molar-refractivity contribution in [3.63, 3.8) is 0 Å². The Morgan fingerprint density at radius 1 is 1.00 bits per heavy atom. The van der Waals surface area contributed by atoms with Crippen LogP contribution in [-0.4, -0.2) is 15.9 Å². The Hall–Kier alpha value is -2.92. The number of aryl methyl sites for hydroxylation is 1. The summed E-state index contributed by atoms with van der Waals surface area (Å²) in [6.45, 7) is 3.87. The van der Waals surface area contributed by atoms with E-state index < -0.39 is 0 Å². The van der Waals surface area contributed by atoms with Crippen LogP contribution in [-0.2, 0) is 0 Å². The topological polar surface area (TPSA) is 66.9 Å². The second-order valence-corrected chi connectivity index (χ2v) is 6.05. The molecule has 0 aliphatic heterocycles. The van der Waals surface area contributed by atoms with Gasteiger partial charge in [0.15, 0.2) is 0 Å². The van der Waals surface area contributed by atoms with Crippen LogP contribution in [0.4, 0.5) is 17.2 Å². The quantitative estimate of drug-likeness (QED) is 0.711. The second-order valence-electron chi connectivity index (χ2n) is 5.64. The number of rotatable bonds is 4. The van der Waals surface area contributed by atoms with Crippen molar-refractivity contribution in [2.75, 3.05) is 10.6 Å². The van der Waals surface area contributed by atoms with Crippen LogP contribution in [0.2, 0.25) is 5.02 Å². The molecule has 0 bridgehead atoms. The highest BCUT2D eigenvalue weighted by Gasteiger charge is 2.11. The average molecular weight is 353 g/mol. The summed E-state index contributed by atoms with van der Waals surface area (Å²) in [7, 11) is 0. The first kappa shape index (κ1) is 16.9. The lowest BCUT2D eigenvalue weighted by Gasteiger charge is -2.09. The molecule has 3 aromatic rings. The Balaban J connectivity index is 1.70. The van der Waals surface area contributed by atoms with Crippen LogP contribution >= 0.6 is 11.6 Å². The first-order chi connectivity index (χ1) is 12.0. The lowest BCUT2D eigenvalue weighted by Crippen LogP contribution is -2.15. The second kappa shape index (κ2) is 7.32. The van der Waals surface area contributed by atoms with E-state index >= 15 is 0 Å². The fraction of sp³-hybridized carbons (Fsp3) is 0.105. The van der Waals surface area contributed by atoms with Crippen molar-refractivity contribution < 1.29 is 4.79 Å². The molecule has 3 rings (SSSR count). The van der Waals surface area contributed by atoms with Crippen molar-refractivity contribution in [2.45, 2.75) is 13.8 Å². The minimum Gasteiger partial charge on any atom is -0.339 e. The van der Waals surface area contributed by atoms with Gasteiger partial charge >= 0.3 is 0 Å². The summed E-state index contributed by atoms with van der Waals surface area (Å²) in [5.41, 5.74) is 3.78. The monoisotopic (exact) mass is 352 g/mol. The highest BCUT2D eigenvalue weighted by atomic mass is 35.5. The van der Waals surface area contributed by atoms with Crippen molar-refractivity contribution in [3.8, 4) is 0 Å². The van der Waals surface area contributed by atoms with Crippen LogP contribution in [0, 0.1) is 13.8 Å². The third kappa shape index (κ3) is 4.14. The van der Waals surface area contributed by atoms with Gasteiger partial charge < -0.3 is 10.6 Å². The normalized spacial score (nSPS) is 10.4. The molecule has 25 heavy (non-hydrogen) atoms. The van der Waals surface area contributed by atoms with Crippen LogP contribution in [0.1, 0.15) is 21.6 Å². The third-order valence-electron chi connectivity index (χ3n) is 3.72. The summed E-state index contributed by atoms with van der Waals surface area (Å²) < 4.78 is 0. The van der Waals surface area contributed by atoms with Crippen molar-refractivity contribution in [1.82, 2.24) is 9.97 Å². The molecule has 5 nitrogen and oxygen atoms in total. The van der Waals surface area contributed by atoms with Crippen molar-refractivity contribution in [1.29, 1.82) is 0 Å². The summed E-state index contributed by atoms with van der Waals surface area (Å²) in [4.78, 5) is 20.7. The van der Waals surface area contributed by atoms with Crippen molar-refractivity contribution >= 4 is 34.7 Å². The Kier molecular flexibility index (Phi) is 4.95. The Bertz CT molecular complexity index is 892. The first-order valence-corrected chi connectivity index (χ1v) is 8.13. The number of nitrogens with one attached hydrogen (secondary N) is 2. The fourth-order valence-electron chi connectivity index (χ4n) is 2.22. The zero-order chi connectivity index (χ0) is 17.8. The minimum absolute atomic E-state index is 0.230. The summed E-state index contributed by atoms with van der Waals surface area (Å²) in [6, 6.07) is 13.3. The first-order valence-electron chi connectivity index (χ1n) is 7.75. The van der Waals surface area contributed by atoms with Crippen LogP contribution in [0.5, 0.6) is 0 Å². The molecule has 1 amide bonds. The molecular formula is C19H17ClN4O. The van der Waals surface area contributed by atoms with Gasteiger partial charge in [0.1, 0.15) is 11.5 Å². The predicted octanol–water partition coefficient (Wildman–Crippen LogP) is 4.74. The lowest BCUT2D eigenvalue weighted by atomic mass is 10.2. The SMILES string of the molecule is Cc1ccc(Nc2cnc(C(=O)Nc3cccc(Cl)c3C)cn2)cc1. The van der Waals surface area contributed by atoms with E-state index in [1.165, 1.54) is 18.0 Å². The highest BCUT2D eigenvalue weighted by Crippen LogP contribution is 2.23. The van der Waals surface area contributed by atoms with Crippen LogP contribution < -0.4 is 10.6 Å². The van der Waals surface area contributed by atoms with E-state index in [2.05, 4.69) is 20.6 Å². The van der Waals surface area contributed by atoms with Gasteiger partial charge in [-0.05, 0) is 43.7 Å². The molecule has 1 heterocycles. The van der Waals surface area contributed by atoms with Crippen LogP contribution in [0.15, 0.2) is 54.9 Å². The van der Waals surface area contributed by atoms with Crippen molar-refractivity contribution in [2.24, 2.45) is 0 Å². The number of carbonyl (C=O) groups excluding carboxylic acids is 1. The Morgan fingerprint density at radius 2 is 1.76 bits per heavy atom. The van der Waals surface area contributed by atoms with E-state index in [9.17, 15) is 4.79 Å². The summed E-state index contributed by atoms with van der Waals surface area (Å²) in [5, 5.41) is 6.54. The predicted molar refractivity (Wildman–Crippen MR) is 101 cm³/mol. The fourth-order valence-corrected chi connectivity index (χ4v) is 2.40. The number of anilines is 3. The van der Waals surface area contributed by atoms with Gasteiger partial charge in [0.05, 0.1) is 12.4 Å². The van der Waals surface area contributed by atoms with Gasteiger partial charge in [0, 0.05) is 16.4 Å². The van der Waals surface area contributed by atoms with E-state index in [1.807, 2.05) is 38.1 Å². The maximum absolute atomic E-state index is 12.3. The maximum atomic E-state index is 12.3. The third-order valence-corrected chi connectivity index (χ3v) is 4.13. The average Bonchev–Trinajstić information content (AvgIpc) is 2.61. The molecule has 126 valence electrons. The van der Waals surface area contributed by atoms with Gasteiger partial charge in [-0.3, -0.25) is 4.79 Å². The van der Waals surface area contributed by atoms with Crippen molar-refractivity contribution in [3.05, 3.63) is 76.7 Å². The summed E-state index contributed by atoms with van der Waals surface area (Å²) in [6.07, 6.45) is 2.96. The Labute approximate surface area is 151 Å². The van der Waals surface area contributed by atoms with E-state index in [0.29, 0.717) is 16.5 Å². The van der Waals surface area contributed by atoms with Gasteiger partial charge in [0.25, 0.3) is 5.91 Å². The number of nitrogens with zero attached hydrogens (tertiary/aromatic N) is 2. The van der Waals surface area contributed by atoms with Gasteiger partial charge in [-0.25, -0.2) is 9.97 Å². The van der Waals surface area contributed by atoms with Crippen LogP contribution in [0.25, 0.3) is 0 Å². The number of amides is 1. The number of aromatic nitrogens is 2. The molecule has 2 aromatic carbocycles. The highest BCUT2D eigenvalue weighted by molar-refractivity contribution is 6.31. The number of hydrogen-bond donors (Lipinski definition) is 2. The molecule has 0 fully saturated rings. The molecule has 0 atom stereocenters. The van der Waals surface area contributed by atoms with E-state index in [0.717, 1.165) is 11.3 Å². The molecule has 0 radical (unpaired) electrons. The van der Waals surface area contributed by atoms with Crippen LogP contribution in [0.3, 0.4) is 0 Å². The van der Waals surface area contributed by atoms with Gasteiger partial charge in [0.2, 0.25) is 0 Å². The molecule has 0 saturated carbocycles. The number of hydrogen-bond acceptors (Lipinski definition) is 4. The summed E-state index contributed by atoms with van der Waals surface area (Å²) in [5.74, 6) is 0.235. The number of carbonyl (C=O) groups is 1. The molecule has 0 saturated heterocycles. The molecule has 1 aromatic heterocycles. The van der Waals surface area contributed by atoms with Gasteiger partial charge in [-0.2, -0.15) is 0 Å². The van der Waals surface area contributed by atoms with E-state index in [4.69, 9.17) is 11.6 Å².